The number of rotatable bonds is 4. The van der Waals surface area contributed by atoms with Crippen LogP contribution in [0.2, 0.25) is 0 Å². The van der Waals surface area contributed by atoms with Gasteiger partial charge in [-0.15, -0.1) is 0 Å². The van der Waals surface area contributed by atoms with E-state index in [4.69, 9.17) is 10.5 Å². The van der Waals surface area contributed by atoms with E-state index in [1.807, 2.05) is 0 Å². The minimum atomic E-state index is -0.588. The Balaban J connectivity index is 2.32. The Morgan fingerprint density at radius 1 is 1.53 bits per heavy atom. The number of nitrogens with one attached hydrogen (secondary N) is 1. The van der Waals surface area contributed by atoms with E-state index in [1.54, 1.807) is 7.05 Å². The lowest BCUT2D eigenvalue weighted by molar-refractivity contribution is -0.145. The Morgan fingerprint density at radius 3 is 2.88 bits per heavy atom. The topological polar surface area (TPSA) is 84.7 Å². The first kappa shape index (κ1) is 13.9. The van der Waals surface area contributed by atoms with Crippen molar-refractivity contribution in [3.05, 3.63) is 0 Å². The Bertz CT molecular complexity index is 265. The van der Waals surface area contributed by atoms with Crippen molar-refractivity contribution < 1.29 is 14.3 Å². The van der Waals surface area contributed by atoms with Crippen molar-refractivity contribution in [2.24, 2.45) is 11.7 Å². The van der Waals surface area contributed by atoms with Gasteiger partial charge in [0.1, 0.15) is 0 Å². The molecule has 3 N–H and O–H groups in total. The highest BCUT2D eigenvalue weighted by Crippen LogP contribution is 2.14. The predicted molar refractivity (Wildman–Crippen MR) is 63.2 cm³/mol. The molecule has 0 aromatic carbocycles. The fourth-order valence-electron chi connectivity index (χ4n) is 1.86. The van der Waals surface area contributed by atoms with E-state index in [9.17, 15) is 9.59 Å². The lowest BCUT2D eigenvalue weighted by Crippen LogP contribution is -2.44. The van der Waals surface area contributed by atoms with E-state index in [0.717, 1.165) is 19.4 Å². The molecule has 0 radical (unpaired) electrons. The molecule has 1 fully saturated rings. The second-order valence-electron chi connectivity index (χ2n) is 4.31. The van der Waals surface area contributed by atoms with Crippen molar-refractivity contribution >= 4 is 11.8 Å². The van der Waals surface area contributed by atoms with Gasteiger partial charge in [0.25, 0.3) is 0 Å². The summed E-state index contributed by atoms with van der Waals surface area (Å²) in [7, 11) is 1.64. The number of amides is 2. The molecule has 98 valence electrons. The maximum absolute atomic E-state index is 11.7. The number of nitrogens with zero attached hydrogens (tertiary/aromatic N) is 1. The quantitative estimate of drug-likeness (QED) is 0.617. The van der Waals surface area contributed by atoms with E-state index >= 15 is 0 Å². The Kier molecular flexibility index (Phi) is 5.93. The number of hydrogen-bond donors (Lipinski definition) is 2. The molecule has 0 aromatic rings. The van der Waals surface area contributed by atoms with E-state index in [0.29, 0.717) is 32.2 Å². The highest BCUT2D eigenvalue weighted by Gasteiger charge is 2.22. The molecule has 0 aliphatic carbocycles. The molecule has 17 heavy (non-hydrogen) atoms. The number of nitrogens with two attached hydrogens (primary N) is 1. The monoisotopic (exact) mass is 243 g/mol. The third kappa shape index (κ3) is 4.70. The average Bonchev–Trinajstić information content (AvgIpc) is 2.36. The van der Waals surface area contributed by atoms with Gasteiger partial charge < -0.3 is 20.7 Å². The molecule has 0 bridgehead atoms. The van der Waals surface area contributed by atoms with Gasteiger partial charge >= 0.3 is 11.8 Å². The Morgan fingerprint density at radius 2 is 2.29 bits per heavy atom. The minimum absolute atomic E-state index is 0.324. The average molecular weight is 243 g/mol. The van der Waals surface area contributed by atoms with Crippen molar-refractivity contribution in [1.29, 1.82) is 0 Å². The van der Waals surface area contributed by atoms with Crippen molar-refractivity contribution in [2.75, 3.05) is 39.9 Å². The van der Waals surface area contributed by atoms with Crippen LogP contribution in [0.25, 0.3) is 0 Å². The standard InChI is InChI=1S/C11H21N3O3/c1-14(7-9-3-2-6-17-8-9)11(16)10(15)13-5-4-12/h9H,2-8,12H2,1H3,(H,13,15). The van der Waals surface area contributed by atoms with Gasteiger partial charge in [0.2, 0.25) is 0 Å². The van der Waals surface area contributed by atoms with Crippen molar-refractivity contribution in [2.45, 2.75) is 12.8 Å². The molecular formula is C11H21N3O3. The molecular weight excluding hydrogens is 222 g/mol. The molecule has 1 aliphatic heterocycles. The first-order valence-electron chi connectivity index (χ1n) is 5.96. The normalized spacial score (nSPS) is 19.8. The zero-order valence-corrected chi connectivity index (χ0v) is 10.3. The van der Waals surface area contributed by atoms with Crippen LogP contribution in [-0.4, -0.2) is 56.6 Å². The Hall–Kier alpha value is -1.14. The largest absolute Gasteiger partial charge is 0.381 e. The van der Waals surface area contributed by atoms with Crippen LogP contribution < -0.4 is 11.1 Å². The lowest BCUT2D eigenvalue weighted by atomic mass is 10.0. The fraction of sp³-hybridized carbons (Fsp3) is 0.818. The first-order valence-corrected chi connectivity index (χ1v) is 5.96. The van der Waals surface area contributed by atoms with Gasteiger partial charge in [0.05, 0.1) is 6.61 Å². The van der Waals surface area contributed by atoms with Crippen LogP contribution in [-0.2, 0) is 14.3 Å². The van der Waals surface area contributed by atoms with Crippen molar-refractivity contribution in [1.82, 2.24) is 10.2 Å². The third-order valence-corrected chi connectivity index (χ3v) is 2.76. The second-order valence-corrected chi connectivity index (χ2v) is 4.31. The Labute approximate surface area is 101 Å². The fourth-order valence-corrected chi connectivity index (χ4v) is 1.86. The molecule has 1 heterocycles. The van der Waals surface area contributed by atoms with Gasteiger partial charge in [-0.05, 0) is 18.8 Å². The smallest absolute Gasteiger partial charge is 0.311 e. The highest BCUT2D eigenvalue weighted by molar-refractivity contribution is 6.34. The lowest BCUT2D eigenvalue weighted by Gasteiger charge is -2.26. The highest BCUT2D eigenvalue weighted by atomic mass is 16.5. The summed E-state index contributed by atoms with van der Waals surface area (Å²) >= 11 is 0. The summed E-state index contributed by atoms with van der Waals surface area (Å²) in [5.41, 5.74) is 5.25. The summed E-state index contributed by atoms with van der Waals surface area (Å²) in [4.78, 5) is 24.5. The van der Waals surface area contributed by atoms with Crippen LogP contribution in [0.1, 0.15) is 12.8 Å². The first-order chi connectivity index (χ1) is 8.15. The van der Waals surface area contributed by atoms with Gasteiger partial charge in [-0.1, -0.05) is 0 Å². The summed E-state index contributed by atoms with van der Waals surface area (Å²) in [5, 5.41) is 2.46. The molecule has 1 unspecified atom stereocenters. The molecule has 1 saturated heterocycles. The molecule has 6 heteroatoms. The number of hydrogen-bond acceptors (Lipinski definition) is 4. The van der Waals surface area contributed by atoms with Gasteiger partial charge in [-0.25, -0.2) is 0 Å². The molecule has 1 atom stereocenters. The van der Waals surface area contributed by atoms with Crippen LogP contribution >= 0.6 is 0 Å². The molecule has 1 rings (SSSR count). The molecule has 6 nitrogen and oxygen atoms in total. The number of carbonyl (C=O) groups excluding carboxylic acids is 2. The van der Waals surface area contributed by atoms with Gasteiger partial charge in [0.15, 0.2) is 0 Å². The molecule has 0 spiro atoms. The molecule has 0 saturated carbocycles. The molecule has 2 amide bonds. The molecule has 1 aliphatic rings. The van der Waals surface area contributed by atoms with Crippen molar-refractivity contribution in [3.8, 4) is 0 Å². The van der Waals surface area contributed by atoms with Crippen LogP contribution in [0.4, 0.5) is 0 Å². The molecule has 0 aromatic heterocycles. The van der Waals surface area contributed by atoms with Crippen LogP contribution in [0.3, 0.4) is 0 Å². The second kappa shape index (κ2) is 7.24. The van der Waals surface area contributed by atoms with Crippen LogP contribution in [0.15, 0.2) is 0 Å². The van der Waals surface area contributed by atoms with Crippen LogP contribution in [0.5, 0.6) is 0 Å². The zero-order chi connectivity index (χ0) is 12.7. The van der Waals surface area contributed by atoms with Gasteiger partial charge in [0, 0.05) is 33.3 Å². The summed E-state index contributed by atoms with van der Waals surface area (Å²) in [5.74, 6) is -0.765. The summed E-state index contributed by atoms with van der Waals surface area (Å²) in [6.45, 7) is 2.69. The predicted octanol–water partition coefficient (Wildman–Crippen LogP) is -1.05. The van der Waals surface area contributed by atoms with Gasteiger partial charge in [-0.3, -0.25) is 9.59 Å². The van der Waals surface area contributed by atoms with E-state index in [1.165, 1.54) is 4.90 Å². The summed E-state index contributed by atoms with van der Waals surface area (Å²) in [6.07, 6.45) is 2.06. The van der Waals surface area contributed by atoms with Crippen molar-refractivity contribution in [3.63, 3.8) is 0 Å². The van der Waals surface area contributed by atoms with Crippen LogP contribution in [0, 0.1) is 5.92 Å². The summed E-state index contributed by atoms with van der Waals surface area (Å²) < 4.78 is 5.33. The number of likely N-dealkylation sites (N-methyl/N-ethyl adjacent to an activating group) is 1. The van der Waals surface area contributed by atoms with E-state index in [-0.39, 0.29) is 0 Å². The van der Waals surface area contributed by atoms with E-state index < -0.39 is 11.8 Å². The minimum Gasteiger partial charge on any atom is -0.381 e. The third-order valence-electron chi connectivity index (χ3n) is 2.76. The number of ether oxygens (including phenoxy) is 1. The number of carbonyl (C=O) groups is 2. The summed E-state index contributed by atoms with van der Waals surface area (Å²) in [6, 6.07) is 0. The SMILES string of the molecule is CN(CC1CCCOC1)C(=O)C(=O)NCCN. The van der Waals surface area contributed by atoms with Gasteiger partial charge in [-0.2, -0.15) is 0 Å². The van der Waals surface area contributed by atoms with E-state index in [2.05, 4.69) is 5.32 Å². The zero-order valence-electron chi connectivity index (χ0n) is 10.3. The maximum Gasteiger partial charge on any atom is 0.311 e. The maximum atomic E-state index is 11.7.